The first kappa shape index (κ1) is 22.1. The van der Waals surface area contributed by atoms with Gasteiger partial charge in [0, 0.05) is 6.04 Å². The minimum atomic E-state index is -4.49. The van der Waals surface area contributed by atoms with E-state index in [0.29, 0.717) is 35.1 Å². The molecule has 0 aliphatic carbocycles. The molecule has 2 N–H and O–H groups in total. The van der Waals surface area contributed by atoms with E-state index in [0.717, 1.165) is 12.1 Å². The van der Waals surface area contributed by atoms with Gasteiger partial charge in [-0.15, -0.1) is 0 Å². The number of rotatable bonds is 4. The van der Waals surface area contributed by atoms with Crippen LogP contribution in [0.15, 0.2) is 42.5 Å². The van der Waals surface area contributed by atoms with Crippen molar-refractivity contribution < 1.29 is 36.2 Å². The van der Waals surface area contributed by atoms with Crippen molar-refractivity contribution in [2.75, 3.05) is 0 Å². The van der Waals surface area contributed by atoms with Gasteiger partial charge in [-0.2, -0.15) is 26.3 Å². The van der Waals surface area contributed by atoms with Crippen LogP contribution in [-0.2, 0) is 17.4 Å². The molecule has 1 saturated heterocycles. The average molecular weight is 431 g/mol. The van der Waals surface area contributed by atoms with Crippen molar-refractivity contribution in [1.29, 1.82) is 0 Å². The molecule has 3 rings (SSSR count). The van der Waals surface area contributed by atoms with Gasteiger partial charge in [0.05, 0.1) is 12.0 Å². The van der Waals surface area contributed by atoms with E-state index in [4.69, 9.17) is 5.11 Å². The van der Waals surface area contributed by atoms with E-state index in [1.165, 1.54) is 24.3 Å². The summed E-state index contributed by atoms with van der Waals surface area (Å²) in [5, 5.41) is 11.7. The first-order valence-corrected chi connectivity index (χ1v) is 9.29. The van der Waals surface area contributed by atoms with E-state index in [2.05, 4.69) is 5.32 Å². The molecule has 0 aromatic heterocycles. The Balaban J connectivity index is 1.97. The Bertz CT molecular complexity index is 905. The third-order valence-corrected chi connectivity index (χ3v) is 5.10. The van der Waals surface area contributed by atoms with Crippen molar-refractivity contribution in [1.82, 2.24) is 5.32 Å². The standard InChI is InChI=1S/C21H19F6NO2/c22-20(23,24)16-6-4-13(5-7-16)14-8-12(10-19(29)30)9-15(11-14)17-2-1-3-18(28-17)21(25,26)27/h4-9,11,17-18,28H,1-3,10H2,(H,29,30). The Labute approximate surface area is 168 Å². The van der Waals surface area contributed by atoms with Crippen molar-refractivity contribution in [2.24, 2.45) is 0 Å². The van der Waals surface area contributed by atoms with Gasteiger partial charge in [-0.05, 0) is 59.7 Å². The summed E-state index contributed by atoms with van der Waals surface area (Å²) in [5.41, 5.74) is 0.895. The zero-order valence-corrected chi connectivity index (χ0v) is 15.6. The monoisotopic (exact) mass is 431 g/mol. The number of hydrogen-bond donors (Lipinski definition) is 2. The first-order valence-electron chi connectivity index (χ1n) is 9.29. The quantitative estimate of drug-likeness (QED) is 0.607. The van der Waals surface area contributed by atoms with Gasteiger partial charge in [-0.3, -0.25) is 10.1 Å². The van der Waals surface area contributed by atoms with Gasteiger partial charge >= 0.3 is 18.3 Å². The summed E-state index contributed by atoms with van der Waals surface area (Å²) >= 11 is 0. The second kappa shape index (κ2) is 8.29. The number of alkyl halides is 6. The van der Waals surface area contributed by atoms with Crippen LogP contribution >= 0.6 is 0 Å². The maximum Gasteiger partial charge on any atom is 0.416 e. The van der Waals surface area contributed by atoms with E-state index >= 15 is 0 Å². The number of piperidine rings is 1. The summed E-state index contributed by atoms with van der Waals surface area (Å²) in [6.07, 6.45) is -8.49. The topological polar surface area (TPSA) is 49.3 Å². The molecule has 0 saturated carbocycles. The summed E-state index contributed by atoms with van der Waals surface area (Å²) in [5.74, 6) is -1.12. The molecule has 2 atom stereocenters. The molecule has 2 aromatic carbocycles. The predicted octanol–water partition coefficient (Wildman–Crippen LogP) is 5.75. The Hall–Kier alpha value is -2.55. The van der Waals surface area contributed by atoms with Crippen LogP contribution in [0.25, 0.3) is 11.1 Å². The highest BCUT2D eigenvalue weighted by atomic mass is 19.4. The summed E-state index contributed by atoms with van der Waals surface area (Å²) in [4.78, 5) is 11.2. The number of halogens is 6. The van der Waals surface area contributed by atoms with E-state index in [-0.39, 0.29) is 12.8 Å². The zero-order valence-electron chi connectivity index (χ0n) is 15.6. The number of aliphatic carboxylic acids is 1. The van der Waals surface area contributed by atoms with Crippen LogP contribution in [0, 0.1) is 0 Å². The van der Waals surface area contributed by atoms with Crippen LogP contribution in [0.3, 0.4) is 0 Å². The van der Waals surface area contributed by atoms with Crippen LogP contribution in [0.2, 0.25) is 0 Å². The molecular formula is C21H19F6NO2. The molecule has 30 heavy (non-hydrogen) atoms. The molecule has 1 fully saturated rings. The first-order chi connectivity index (χ1) is 13.9. The van der Waals surface area contributed by atoms with Gasteiger partial charge in [0.2, 0.25) is 0 Å². The minimum Gasteiger partial charge on any atom is -0.481 e. The maximum absolute atomic E-state index is 13.1. The molecule has 0 radical (unpaired) electrons. The lowest BCUT2D eigenvalue weighted by molar-refractivity contribution is -0.163. The van der Waals surface area contributed by atoms with Crippen molar-refractivity contribution in [3.05, 3.63) is 59.2 Å². The highest BCUT2D eigenvalue weighted by molar-refractivity contribution is 5.73. The van der Waals surface area contributed by atoms with Crippen molar-refractivity contribution in [3.8, 4) is 11.1 Å². The number of nitrogens with one attached hydrogen (secondary N) is 1. The van der Waals surface area contributed by atoms with E-state index in [1.54, 1.807) is 6.07 Å². The lowest BCUT2D eigenvalue weighted by atomic mass is 9.89. The van der Waals surface area contributed by atoms with Gasteiger partial charge in [0.1, 0.15) is 6.04 Å². The maximum atomic E-state index is 13.1. The summed E-state index contributed by atoms with van der Waals surface area (Å²) in [7, 11) is 0. The molecular weight excluding hydrogens is 412 g/mol. The van der Waals surface area contributed by atoms with Gasteiger partial charge in [-0.1, -0.05) is 24.3 Å². The molecule has 3 nitrogen and oxygen atoms in total. The highest BCUT2D eigenvalue weighted by Gasteiger charge is 2.42. The lowest BCUT2D eigenvalue weighted by Gasteiger charge is -2.33. The molecule has 0 bridgehead atoms. The number of benzene rings is 2. The molecule has 2 aromatic rings. The third-order valence-electron chi connectivity index (χ3n) is 5.10. The second-order valence-corrected chi connectivity index (χ2v) is 7.35. The Morgan fingerprint density at radius 3 is 2.20 bits per heavy atom. The highest BCUT2D eigenvalue weighted by Crippen LogP contribution is 2.36. The van der Waals surface area contributed by atoms with Crippen molar-refractivity contribution in [3.63, 3.8) is 0 Å². The van der Waals surface area contributed by atoms with Gasteiger partial charge in [0.25, 0.3) is 0 Å². The predicted molar refractivity (Wildman–Crippen MR) is 97.8 cm³/mol. The van der Waals surface area contributed by atoms with E-state index in [9.17, 15) is 31.1 Å². The largest absolute Gasteiger partial charge is 0.481 e. The molecule has 1 aliphatic rings. The Morgan fingerprint density at radius 1 is 0.967 bits per heavy atom. The van der Waals surface area contributed by atoms with Gasteiger partial charge < -0.3 is 5.11 Å². The van der Waals surface area contributed by atoms with E-state index in [1.807, 2.05) is 0 Å². The molecule has 1 heterocycles. The van der Waals surface area contributed by atoms with Crippen molar-refractivity contribution in [2.45, 2.75) is 50.1 Å². The molecule has 162 valence electrons. The molecule has 1 aliphatic heterocycles. The minimum absolute atomic E-state index is 0.0411. The number of carbonyl (C=O) groups is 1. The molecule has 9 heteroatoms. The van der Waals surface area contributed by atoms with Crippen molar-refractivity contribution >= 4 is 5.97 Å². The van der Waals surface area contributed by atoms with Crippen LogP contribution in [0.1, 0.15) is 42.0 Å². The van der Waals surface area contributed by atoms with Gasteiger partial charge in [0.15, 0.2) is 0 Å². The summed E-state index contributed by atoms with van der Waals surface area (Å²) < 4.78 is 77.8. The fourth-order valence-corrected chi connectivity index (χ4v) is 3.67. The van der Waals surface area contributed by atoms with Crippen LogP contribution < -0.4 is 5.32 Å². The number of carboxylic acid groups (broad SMARTS) is 1. The number of hydrogen-bond acceptors (Lipinski definition) is 2. The second-order valence-electron chi connectivity index (χ2n) is 7.35. The average Bonchev–Trinajstić information content (AvgIpc) is 2.66. The number of carboxylic acids is 1. The fraction of sp³-hybridized carbons (Fsp3) is 0.381. The molecule has 0 spiro atoms. The van der Waals surface area contributed by atoms with E-state index < -0.39 is 36.0 Å². The van der Waals surface area contributed by atoms with Crippen LogP contribution in [0.5, 0.6) is 0 Å². The molecule has 0 amide bonds. The SMILES string of the molecule is O=C(O)Cc1cc(-c2ccc(C(F)(F)F)cc2)cc(C2CCCC(C(F)(F)F)N2)c1. The molecule has 2 unspecified atom stereocenters. The summed E-state index contributed by atoms with van der Waals surface area (Å²) in [6, 6.07) is 6.74. The Kier molecular flexibility index (Phi) is 6.12. The van der Waals surface area contributed by atoms with Gasteiger partial charge in [-0.25, -0.2) is 0 Å². The van der Waals surface area contributed by atoms with Crippen LogP contribution in [-0.4, -0.2) is 23.3 Å². The zero-order chi connectivity index (χ0) is 22.1. The van der Waals surface area contributed by atoms with Crippen LogP contribution in [0.4, 0.5) is 26.3 Å². The normalized spacial score (nSPS) is 20.2. The lowest BCUT2D eigenvalue weighted by Crippen LogP contribution is -2.46. The third kappa shape index (κ3) is 5.33. The fourth-order valence-electron chi connectivity index (χ4n) is 3.67. The Morgan fingerprint density at radius 2 is 1.63 bits per heavy atom. The smallest absolute Gasteiger partial charge is 0.416 e. The summed E-state index contributed by atoms with van der Waals surface area (Å²) in [6.45, 7) is 0.